The molecular weight excluding hydrogens is 144 g/mol. The standard InChI is InChI=1S/C12H20/c1-4-9-5-10-6-11-7(2)8(3)12(9,10)11/h7-11H,4-6H2,1-3H3. The van der Waals surface area contributed by atoms with Crippen molar-refractivity contribution < 1.29 is 0 Å². The molecule has 0 aromatic carbocycles. The second kappa shape index (κ2) is 1.91. The SMILES string of the molecule is CCC1CC2CC3C(C)C(C)C123. The molecule has 3 fully saturated rings. The van der Waals surface area contributed by atoms with Crippen LogP contribution < -0.4 is 0 Å². The van der Waals surface area contributed by atoms with Crippen LogP contribution >= 0.6 is 0 Å². The van der Waals surface area contributed by atoms with Crippen molar-refractivity contribution in [3.63, 3.8) is 0 Å². The van der Waals surface area contributed by atoms with Gasteiger partial charge in [0.1, 0.15) is 0 Å². The second-order valence-corrected chi connectivity index (χ2v) is 5.53. The molecule has 6 atom stereocenters. The van der Waals surface area contributed by atoms with E-state index in [1.807, 2.05) is 0 Å². The normalized spacial score (nSPS) is 66.8. The van der Waals surface area contributed by atoms with Crippen molar-refractivity contribution in [2.75, 3.05) is 0 Å². The summed E-state index contributed by atoms with van der Waals surface area (Å²) in [5.41, 5.74) is 0.897. The lowest BCUT2D eigenvalue weighted by molar-refractivity contribution is -0.332. The molecule has 0 heterocycles. The molecule has 0 amide bonds. The van der Waals surface area contributed by atoms with Crippen molar-refractivity contribution >= 4 is 0 Å². The van der Waals surface area contributed by atoms with Gasteiger partial charge in [-0.05, 0) is 47.8 Å². The second-order valence-electron chi connectivity index (χ2n) is 5.53. The summed E-state index contributed by atoms with van der Waals surface area (Å²) in [5.74, 6) is 5.54. The maximum Gasteiger partial charge on any atom is -0.0181 e. The van der Waals surface area contributed by atoms with Crippen molar-refractivity contribution in [1.29, 1.82) is 0 Å². The first-order chi connectivity index (χ1) is 5.72. The number of hydrogen-bond acceptors (Lipinski definition) is 0. The first-order valence-corrected chi connectivity index (χ1v) is 5.72. The van der Waals surface area contributed by atoms with E-state index in [1.54, 1.807) is 12.8 Å². The first kappa shape index (κ1) is 7.41. The molecule has 0 aliphatic heterocycles. The molecule has 0 nitrogen and oxygen atoms in total. The maximum absolute atomic E-state index is 2.51. The zero-order valence-corrected chi connectivity index (χ0v) is 8.51. The van der Waals surface area contributed by atoms with Crippen LogP contribution in [0.4, 0.5) is 0 Å². The van der Waals surface area contributed by atoms with Crippen LogP contribution in [-0.2, 0) is 0 Å². The summed E-state index contributed by atoms with van der Waals surface area (Å²) in [4.78, 5) is 0. The van der Waals surface area contributed by atoms with E-state index in [9.17, 15) is 0 Å². The highest BCUT2D eigenvalue weighted by atomic mass is 14.8. The summed E-state index contributed by atoms with van der Waals surface area (Å²) in [6.07, 6.45) is 4.61. The molecule has 12 heavy (non-hydrogen) atoms. The van der Waals surface area contributed by atoms with Crippen molar-refractivity contribution in [2.24, 2.45) is 35.0 Å². The number of hydrogen-bond donors (Lipinski definition) is 0. The van der Waals surface area contributed by atoms with Gasteiger partial charge in [-0.2, -0.15) is 0 Å². The van der Waals surface area contributed by atoms with Crippen LogP contribution in [0.25, 0.3) is 0 Å². The lowest BCUT2D eigenvalue weighted by Crippen LogP contribution is -2.75. The van der Waals surface area contributed by atoms with Gasteiger partial charge < -0.3 is 0 Å². The molecule has 0 N–H and O–H groups in total. The Labute approximate surface area is 75.7 Å². The summed E-state index contributed by atoms with van der Waals surface area (Å²) >= 11 is 0. The third kappa shape index (κ3) is 0.459. The van der Waals surface area contributed by atoms with E-state index in [4.69, 9.17) is 0 Å². The highest BCUT2D eigenvalue weighted by molar-refractivity contribution is 5.23. The molecule has 3 aliphatic rings. The van der Waals surface area contributed by atoms with Crippen molar-refractivity contribution in [3.05, 3.63) is 0 Å². The van der Waals surface area contributed by atoms with E-state index < -0.39 is 0 Å². The van der Waals surface area contributed by atoms with E-state index in [0.29, 0.717) is 0 Å². The Morgan fingerprint density at radius 1 is 1.25 bits per heavy atom. The fourth-order valence-electron chi connectivity index (χ4n) is 5.14. The van der Waals surface area contributed by atoms with Gasteiger partial charge in [-0.1, -0.05) is 27.2 Å². The third-order valence-corrected chi connectivity index (χ3v) is 5.87. The minimum atomic E-state index is 0.897. The van der Waals surface area contributed by atoms with Crippen molar-refractivity contribution in [3.8, 4) is 0 Å². The summed E-state index contributed by atoms with van der Waals surface area (Å²) in [6, 6.07) is 0. The Kier molecular flexibility index (Phi) is 1.18. The smallest absolute Gasteiger partial charge is 0.0181 e. The van der Waals surface area contributed by atoms with Crippen LogP contribution in [0.2, 0.25) is 0 Å². The minimum absolute atomic E-state index is 0.897. The zero-order valence-electron chi connectivity index (χ0n) is 8.51. The lowest BCUT2D eigenvalue weighted by Gasteiger charge is -2.81. The molecule has 68 valence electrons. The highest BCUT2D eigenvalue weighted by Gasteiger charge is 2.75. The predicted molar refractivity (Wildman–Crippen MR) is 50.8 cm³/mol. The molecule has 3 rings (SSSR count). The Morgan fingerprint density at radius 3 is 2.50 bits per heavy atom. The van der Waals surface area contributed by atoms with Crippen LogP contribution in [0, 0.1) is 35.0 Å². The fourth-order valence-corrected chi connectivity index (χ4v) is 5.14. The maximum atomic E-state index is 2.51. The fraction of sp³-hybridized carbons (Fsp3) is 1.00. The van der Waals surface area contributed by atoms with Crippen LogP contribution in [0.5, 0.6) is 0 Å². The largest absolute Gasteiger partial charge is 0.0651 e. The zero-order chi connectivity index (χ0) is 8.51. The predicted octanol–water partition coefficient (Wildman–Crippen LogP) is 3.32. The molecule has 0 radical (unpaired) electrons. The molecule has 3 saturated carbocycles. The lowest BCUT2D eigenvalue weighted by atomic mass is 9.23. The van der Waals surface area contributed by atoms with Gasteiger partial charge in [-0.3, -0.25) is 0 Å². The van der Waals surface area contributed by atoms with Crippen molar-refractivity contribution in [1.82, 2.24) is 0 Å². The molecule has 3 aliphatic carbocycles. The van der Waals surface area contributed by atoms with Crippen LogP contribution in [0.1, 0.15) is 40.0 Å². The third-order valence-electron chi connectivity index (χ3n) is 5.87. The van der Waals surface area contributed by atoms with E-state index >= 15 is 0 Å². The average Bonchev–Trinajstić information content (AvgIpc) is 2.06. The molecular formula is C12H20. The first-order valence-electron chi connectivity index (χ1n) is 5.72. The molecule has 0 aromatic rings. The Hall–Kier alpha value is 0. The van der Waals surface area contributed by atoms with Gasteiger partial charge in [-0.25, -0.2) is 0 Å². The summed E-state index contributed by atoms with van der Waals surface area (Å²) < 4.78 is 0. The minimum Gasteiger partial charge on any atom is -0.0651 e. The van der Waals surface area contributed by atoms with E-state index in [1.165, 1.54) is 12.3 Å². The summed E-state index contributed by atoms with van der Waals surface area (Å²) in [5, 5.41) is 0. The van der Waals surface area contributed by atoms with E-state index in [-0.39, 0.29) is 0 Å². The molecule has 0 heteroatoms. The molecule has 1 spiro atoms. The highest BCUT2D eigenvalue weighted by Crippen LogP contribution is 2.81. The van der Waals surface area contributed by atoms with Gasteiger partial charge in [-0.15, -0.1) is 0 Å². The monoisotopic (exact) mass is 164 g/mol. The Balaban J connectivity index is 1.87. The molecule has 0 bridgehead atoms. The molecule has 6 unspecified atom stereocenters. The Bertz CT molecular complexity index is 201. The molecule has 0 saturated heterocycles. The van der Waals surface area contributed by atoms with Crippen LogP contribution in [-0.4, -0.2) is 0 Å². The van der Waals surface area contributed by atoms with Crippen LogP contribution in [0.15, 0.2) is 0 Å². The molecule has 0 aromatic heterocycles. The summed E-state index contributed by atoms with van der Waals surface area (Å²) in [6.45, 7) is 7.37. The topological polar surface area (TPSA) is 0 Å². The van der Waals surface area contributed by atoms with Gasteiger partial charge in [0, 0.05) is 0 Å². The van der Waals surface area contributed by atoms with Gasteiger partial charge >= 0.3 is 0 Å². The van der Waals surface area contributed by atoms with E-state index in [0.717, 1.165) is 29.1 Å². The van der Waals surface area contributed by atoms with Gasteiger partial charge in [0.25, 0.3) is 0 Å². The quantitative estimate of drug-likeness (QED) is 0.557. The van der Waals surface area contributed by atoms with Gasteiger partial charge in [0.05, 0.1) is 0 Å². The van der Waals surface area contributed by atoms with Crippen LogP contribution in [0.3, 0.4) is 0 Å². The van der Waals surface area contributed by atoms with Gasteiger partial charge in [0.2, 0.25) is 0 Å². The van der Waals surface area contributed by atoms with E-state index in [2.05, 4.69) is 20.8 Å². The van der Waals surface area contributed by atoms with Gasteiger partial charge in [0.15, 0.2) is 0 Å². The Morgan fingerprint density at radius 2 is 2.00 bits per heavy atom. The van der Waals surface area contributed by atoms with Crippen molar-refractivity contribution in [2.45, 2.75) is 40.0 Å². The summed E-state index contributed by atoms with van der Waals surface area (Å²) in [7, 11) is 0. The average molecular weight is 164 g/mol. The number of rotatable bonds is 1.